The Balaban J connectivity index is 1.83. The van der Waals surface area contributed by atoms with Gasteiger partial charge in [0.1, 0.15) is 5.01 Å². The highest BCUT2D eigenvalue weighted by atomic mass is 32.1. The molecule has 1 aromatic rings. The van der Waals surface area contributed by atoms with E-state index in [1.54, 1.807) is 11.3 Å². The Morgan fingerprint density at radius 2 is 2.53 bits per heavy atom. The second kappa shape index (κ2) is 4.61. The van der Waals surface area contributed by atoms with Crippen LogP contribution in [0.4, 0.5) is 0 Å². The summed E-state index contributed by atoms with van der Waals surface area (Å²) >= 11 is 1.76. The van der Waals surface area contributed by atoms with Crippen molar-refractivity contribution in [1.82, 2.24) is 15.6 Å². The Kier molecular flexibility index (Phi) is 3.20. The molecule has 0 saturated carbocycles. The highest BCUT2D eigenvalue weighted by molar-refractivity contribution is 7.11. The van der Waals surface area contributed by atoms with Crippen LogP contribution in [0.25, 0.3) is 0 Å². The van der Waals surface area contributed by atoms with Crippen LogP contribution in [0.3, 0.4) is 0 Å². The number of rotatable bonds is 3. The fourth-order valence-electron chi connectivity index (χ4n) is 1.41. The number of nitrogens with zero attached hydrogens (tertiary/aromatic N) is 2. The van der Waals surface area contributed by atoms with Gasteiger partial charge in [0.2, 0.25) is 0 Å². The monoisotopic (exact) mass is 224 g/mol. The van der Waals surface area contributed by atoms with Gasteiger partial charge in [-0.15, -0.1) is 11.3 Å². The summed E-state index contributed by atoms with van der Waals surface area (Å²) in [6.07, 6.45) is 3.02. The number of hydrogen-bond acceptors (Lipinski definition) is 5. The molecule has 0 radical (unpaired) electrons. The molecule has 5 heteroatoms. The lowest BCUT2D eigenvalue weighted by atomic mass is 10.4. The predicted octanol–water partition coefficient (Wildman–Crippen LogP) is 1.14. The third kappa shape index (κ3) is 2.68. The third-order valence-electron chi connectivity index (χ3n) is 2.26. The number of thiazole rings is 1. The molecule has 0 aliphatic carbocycles. The number of aryl methyl sites for hydroxylation is 1. The molecule has 2 rings (SSSR count). The average molecular weight is 224 g/mol. The number of aliphatic imine (C=N–C) groups is 1. The molecule has 0 amide bonds. The number of guanidine groups is 1. The summed E-state index contributed by atoms with van der Waals surface area (Å²) in [4.78, 5) is 10.0. The van der Waals surface area contributed by atoms with Crippen LogP contribution in [-0.4, -0.2) is 23.5 Å². The molecule has 1 aromatic heterocycles. The van der Waals surface area contributed by atoms with E-state index in [9.17, 15) is 0 Å². The number of hydrogen-bond donors (Lipinski definition) is 2. The maximum atomic E-state index is 4.34. The third-order valence-corrected chi connectivity index (χ3v) is 3.40. The summed E-state index contributed by atoms with van der Waals surface area (Å²) in [5.41, 5.74) is 0. The maximum absolute atomic E-state index is 4.34. The highest BCUT2D eigenvalue weighted by Crippen LogP contribution is 2.12. The normalized spacial score (nSPS) is 19.9. The summed E-state index contributed by atoms with van der Waals surface area (Å²) < 4.78 is 0. The van der Waals surface area contributed by atoms with E-state index in [0.717, 1.165) is 30.5 Å². The molecule has 82 valence electrons. The summed E-state index contributed by atoms with van der Waals surface area (Å²) in [5, 5.41) is 7.63. The first-order chi connectivity index (χ1) is 7.28. The topological polar surface area (TPSA) is 49.3 Å². The van der Waals surface area contributed by atoms with Gasteiger partial charge in [-0.25, -0.2) is 4.98 Å². The van der Waals surface area contributed by atoms with E-state index in [1.807, 2.05) is 6.20 Å². The first-order valence-corrected chi connectivity index (χ1v) is 6.08. The van der Waals surface area contributed by atoms with Gasteiger partial charge in [-0.2, -0.15) is 0 Å². The Labute approximate surface area is 93.8 Å². The van der Waals surface area contributed by atoms with Crippen molar-refractivity contribution >= 4 is 17.3 Å². The minimum atomic E-state index is 0.454. The number of nitrogens with one attached hydrogen (secondary N) is 2. The van der Waals surface area contributed by atoms with E-state index < -0.39 is 0 Å². The van der Waals surface area contributed by atoms with Crippen molar-refractivity contribution in [1.29, 1.82) is 0 Å². The Morgan fingerprint density at radius 1 is 1.67 bits per heavy atom. The Hall–Kier alpha value is -1.10. The van der Waals surface area contributed by atoms with Crippen LogP contribution in [0.2, 0.25) is 0 Å². The first-order valence-electron chi connectivity index (χ1n) is 5.26. The van der Waals surface area contributed by atoms with Crippen LogP contribution in [-0.2, 0) is 13.0 Å². The van der Waals surface area contributed by atoms with E-state index in [0.29, 0.717) is 6.04 Å². The molecule has 1 aliphatic heterocycles. The van der Waals surface area contributed by atoms with Crippen molar-refractivity contribution in [3.05, 3.63) is 16.1 Å². The molecule has 1 aliphatic rings. The molecule has 0 spiro atoms. The molecule has 0 aromatic carbocycles. The standard InChI is InChI=1S/C10H16N4S/c1-3-8-5-11-9(15-8)6-13-10-12-4-7(2)14-10/h5,7H,3-4,6H2,1-2H3,(H2,12,13,14). The fourth-order valence-corrected chi connectivity index (χ4v) is 2.21. The van der Waals surface area contributed by atoms with E-state index in [4.69, 9.17) is 0 Å². The van der Waals surface area contributed by atoms with Gasteiger partial charge in [-0.05, 0) is 13.3 Å². The van der Waals surface area contributed by atoms with Gasteiger partial charge in [0, 0.05) is 17.1 Å². The fraction of sp³-hybridized carbons (Fsp3) is 0.600. The van der Waals surface area contributed by atoms with Gasteiger partial charge in [-0.3, -0.25) is 4.99 Å². The minimum Gasteiger partial charge on any atom is -0.352 e. The van der Waals surface area contributed by atoms with Gasteiger partial charge in [0.15, 0.2) is 5.96 Å². The summed E-state index contributed by atoms with van der Waals surface area (Å²) in [5.74, 6) is 0.899. The largest absolute Gasteiger partial charge is 0.352 e. The number of aromatic nitrogens is 1. The molecular formula is C10H16N4S. The molecule has 15 heavy (non-hydrogen) atoms. The highest BCUT2D eigenvalue weighted by Gasteiger charge is 2.11. The van der Waals surface area contributed by atoms with Crippen LogP contribution in [0.15, 0.2) is 11.2 Å². The van der Waals surface area contributed by atoms with Crippen LogP contribution in [0.1, 0.15) is 23.7 Å². The SMILES string of the molecule is CCc1cnc(CNC2=NCC(C)N2)s1. The van der Waals surface area contributed by atoms with Gasteiger partial charge in [0.25, 0.3) is 0 Å². The second-order valence-electron chi connectivity index (χ2n) is 3.66. The van der Waals surface area contributed by atoms with E-state index in [-0.39, 0.29) is 0 Å². The summed E-state index contributed by atoms with van der Waals surface area (Å²) in [6.45, 7) is 5.90. The van der Waals surface area contributed by atoms with E-state index >= 15 is 0 Å². The minimum absolute atomic E-state index is 0.454. The summed E-state index contributed by atoms with van der Waals surface area (Å²) in [7, 11) is 0. The van der Waals surface area contributed by atoms with Gasteiger partial charge in [-0.1, -0.05) is 6.92 Å². The molecule has 2 N–H and O–H groups in total. The lowest BCUT2D eigenvalue weighted by molar-refractivity contribution is 0.713. The lowest BCUT2D eigenvalue weighted by Crippen LogP contribution is -2.37. The molecule has 0 fully saturated rings. The van der Waals surface area contributed by atoms with Crippen LogP contribution in [0, 0.1) is 0 Å². The average Bonchev–Trinajstić information content (AvgIpc) is 2.83. The van der Waals surface area contributed by atoms with E-state index in [2.05, 4.69) is 34.5 Å². The maximum Gasteiger partial charge on any atom is 0.191 e. The Morgan fingerprint density at radius 3 is 3.13 bits per heavy atom. The van der Waals surface area contributed by atoms with Crippen molar-refractivity contribution < 1.29 is 0 Å². The molecule has 1 atom stereocenters. The molecule has 1 unspecified atom stereocenters. The van der Waals surface area contributed by atoms with Crippen LogP contribution < -0.4 is 10.6 Å². The van der Waals surface area contributed by atoms with Crippen molar-refractivity contribution in [3.8, 4) is 0 Å². The van der Waals surface area contributed by atoms with Crippen molar-refractivity contribution in [2.45, 2.75) is 32.9 Å². The second-order valence-corrected chi connectivity index (χ2v) is 4.86. The molecule has 2 heterocycles. The van der Waals surface area contributed by atoms with Gasteiger partial charge >= 0.3 is 0 Å². The first kappa shape index (κ1) is 10.4. The smallest absolute Gasteiger partial charge is 0.191 e. The van der Waals surface area contributed by atoms with Crippen LogP contribution >= 0.6 is 11.3 Å². The van der Waals surface area contributed by atoms with E-state index in [1.165, 1.54) is 4.88 Å². The zero-order valence-electron chi connectivity index (χ0n) is 9.08. The van der Waals surface area contributed by atoms with Crippen molar-refractivity contribution in [3.63, 3.8) is 0 Å². The van der Waals surface area contributed by atoms with Crippen molar-refractivity contribution in [2.75, 3.05) is 6.54 Å². The van der Waals surface area contributed by atoms with Gasteiger partial charge in [0.05, 0.1) is 13.1 Å². The zero-order valence-corrected chi connectivity index (χ0v) is 9.90. The lowest BCUT2D eigenvalue weighted by Gasteiger charge is -2.06. The zero-order chi connectivity index (χ0) is 10.7. The molecule has 0 bridgehead atoms. The molecule has 0 saturated heterocycles. The summed E-state index contributed by atoms with van der Waals surface area (Å²) in [6, 6.07) is 0.454. The predicted molar refractivity (Wildman–Crippen MR) is 63.2 cm³/mol. The molecule has 4 nitrogen and oxygen atoms in total. The molecular weight excluding hydrogens is 208 g/mol. The Bertz CT molecular complexity index is 358. The van der Waals surface area contributed by atoms with Crippen LogP contribution in [0.5, 0.6) is 0 Å². The van der Waals surface area contributed by atoms with Crippen molar-refractivity contribution in [2.24, 2.45) is 4.99 Å². The quantitative estimate of drug-likeness (QED) is 0.809. The van der Waals surface area contributed by atoms with Gasteiger partial charge < -0.3 is 10.6 Å².